The monoisotopic (exact) mass is 612 g/mol. The normalized spacial score (nSPS) is 25.4. The Kier molecular flexibility index (Phi) is 9.00. The third-order valence-electron chi connectivity index (χ3n) is 7.94. The molecule has 10 N–H and O–H groups in total. The number of aliphatic hydroxyl groups excluding tert-OH is 2. The highest BCUT2D eigenvalue weighted by Gasteiger charge is 2.64. The van der Waals surface area contributed by atoms with Crippen molar-refractivity contribution in [2.45, 2.75) is 44.8 Å². The van der Waals surface area contributed by atoms with E-state index in [9.17, 15) is 34.8 Å². The Hall–Kier alpha value is -3.70. The highest BCUT2D eigenvalue weighted by Crippen LogP contribution is 2.54. The fourth-order valence-electron chi connectivity index (χ4n) is 6.31. The molecule has 1 fully saturated rings. The van der Waals surface area contributed by atoms with E-state index in [0.29, 0.717) is 18.7 Å². The number of nitrogens with zero attached hydrogens (tertiary/aromatic N) is 2. The molecule has 0 aromatic heterocycles. The Balaban J connectivity index is 0.000000892. The van der Waals surface area contributed by atoms with Crippen LogP contribution in [0.3, 0.4) is 0 Å². The number of amides is 1. The lowest BCUT2D eigenvalue weighted by molar-refractivity contribution is -0.153. The largest absolute Gasteiger partial charge is 0.508 e. The lowest BCUT2D eigenvalue weighted by Crippen LogP contribution is -2.65. The number of aliphatic hydroxyl groups is 3. The third-order valence-corrected chi connectivity index (χ3v) is 7.94. The molecule has 42 heavy (non-hydrogen) atoms. The summed E-state index contributed by atoms with van der Waals surface area (Å²) in [7, 11) is -1.54. The van der Waals surface area contributed by atoms with E-state index in [1.165, 1.54) is 4.90 Å². The molecule has 0 aliphatic heterocycles. The van der Waals surface area contributed by atoms with Crippen LogP contribution >= 0.6 is 0 Å². The molecule has 2 unspecified atom stereocenters. The predicted molar refractivity (Wildman–Crippen MR) is 151 cm³/mol. The number of hydrogen-bond donors (Lipinski definition) is 8. The number of phenolic OH excluding ortho intramolecular Hbond substituents is 1. The van der Waals surface area contributed by atoms with Crippen molar-refractivity contribution in [2.24, 2.45) is 17.6 Å². The summed E-state index contributed by atoms with van der Waals surface area (Å²) in [5.74, 6) is -6.89. The van der Waals surface area contributed by atoms with E-state index in [1.54, 1.807) is 20.2 Å². The van der Waals surface area contributed by atoms with Gasteiger partial charge in [-0.15, -0.1) is 0 Å². The van der Waals surface area contributed by atoms with Gasteiger partial charge in [0.25, 0.3) is 5.91 Å². The topological polar surface area (TPSA) is 265 Å². The predicted octanol–water partition coefficient (Wildman–Crippen LogP) is 0.130. The van der Waals surface area contributed by atoms with Gasteiger partial charge in [0.15, 0.2) is 11.4 Å². The van der Waals surface area contributed by atoms with Gasteiger partial charge in [-0.05, 0) is 57.8 Å². The first kappa shape index (κ1) is 32.8. The first-order valence-corrected chi connectivity index (χ1v) is 14.5. The van der Waals surface area contributed by atoms with Crippen LogP contribution in [0.1, 0.15) is 37.8 Å². The zero-order chi connectivity index (χ0) is 32.1. The first-order valence-electron chi connectivity index (χ1n) is 13.1. The Morgan fingerprint density at radius 2 is 1.71 bits per heavy atom. The number of nitrogen functional groups attached to an aromatic ring is 1. The van der Waals surface area contributed by atoms with Crippen molar-refractivity contribution in [2.75, 3.05) is 37.8 Å². The number of primary amides is 1. The van der Waals surface area contributed by atoms with Gasteiger partial charge in [-0.1, -0.05) is 6.92 Å². The van der Waals surface area contributed by atoms with Crippen LogP contribution in [0.2, 0.25) is 0 Å². The summed E-state index contributed by atoms with van der Waals surface area (Å²) >= 11 is 0. The molecule has 1 amide bonds. The number of Topliss-reactive ketones (excluding diaryl/α,β-unsaturated/α-hetero) is 2. The smallest absolute Gasteiger partial charge is 0.394 e. The summed E-state index contributed by atoms with van der Waals surface area (Å²) in [4.78, 5) is 42.7. The Bertz CT molecular complexity index is 1490. The second-order valence-electron chi connectivity index (χ2n) is 10.7. The van der Waals surface area contributed by atoms with Gasteiger partial charge in [0.05, 0.1) is 17.3 Å². The van der Waals surface area contributed by atoms with Crippen LogP contribution in [0.25, 0.3) is 5.76 Å². The van der Waals surface area contributed by atoms with E-state index in [-0.39, 0.29) is 35.4 Å². The molecular formula is C26H36N4O11S. The minimum absolute atomic E-state index is 0.000780. The molecule has 4 atom stereocenters. The van der Waals surface area contributed by atoms with Gasteiger partial charge in [0.1, 0.15) is 22.8 Å². The van der Waals surface area contributed by atoms with Gasteiger partial charge in [-0.25, -0.2) is 0 Å². The fraction of sp³-hybridized carbons (Fsp3) is 0.500. The molecule has 0 radical (unpaired) electrons. The van der Waals surface area contributed by atoms with Crippen LogP contribution in [-0.4, -0.2) is 99.2 Å². The van der Waals surface area contributed by atoms with Gasteiger partial charge in [0.2, 0.25) is 5.78 Å². The number of phenols is 1. The van der Waals surface area contributed by atoms with Gasteiger partial charge < -0.3 is 36.8 Å². The lowest BCUT2D eigenvalue weighted by atomic mass is 9.57. The number of nitrogens with two attached hydrogens (primary N) is 2. The van der Waals surface area contributed by atoms with Crippen molar-refractivity contribution in [3.63, 3.8) is 0 Å². The summed E-state index contributed by atoms with van der Waals surface area (Å²) in [5, 5.41) is 44.8. The molecule has 16 heteroatoms. The molecule has 0 saturated heterocycles. The van der Waals surface area contributed by atoms with E-state index < -0.39 is 68.4 Å². The standard InChI is InChI=1S/C26H34N4O7.H2O4S/c1-5-7-30(6-2)15-10-14(27)20(31)17-12(15)8-11-9-13-19(29(3)4)22(33)18(25(28)36)24(35)26(13,37)23(34)16(11)21(17)32;1-5(2,3)4/h10-11,13,19,31-32,35,37H,5-9,27H2,1-4H3,(H2,28,36);(H2,1,2,3,4)/t11?,13?,19-,26-;/m0./s1. The summed E-state index contributed by atoms with van der Waals surface area (Å²) < 4.78 is 31.6. The van der Waals surface area contributed by atoms with E-state index >= 15 is 0 Å². The number of fused-ring (bicyclic) bond motifs is 3. The van der Waals surface area contributed by atoms with Gasteiger partial charge in [-0.2, -0.15) is 8.42 Å². The molecule has 232 valence electrons. The number of hydrogen-bond acceptors (Lipinski definition) is 12. The summed E-state index contributed by atoms with van der Waals surface area (Å²) in [5.41, 5.74) is 9.07. The van der Waals surface area contributed by atoms with Crippen molar-refractivity contribution in [1.82, 2.24) is 4.90 Å². The molecule has 1 saturated carbocycles. The van der Waals surface area contributed by atoms with Gasteiger partial charge in [-0.3, -0.25) is 28.4 Å². The summed E-state index contributed by atoms with van der Waals surface area (Å²) in [6, 6.07) is 0.525. The van der Waals surface area contributed by atoms with Crippen LogP contribution < -0.4 is 16.4 Å². The Labute approximate surface area is 242 Å². The Morgan fingerprint density at radius 1 is 1.14 bits per heavy atom. The molecule has 3 aliphatic rings. The van der Waals surface area contributed by atoms with Crippen LogP contribution in [0, 0.1) is 11.8 Å². The molecular weight excluding hydrogens is 576 g/mol. The molecule has 0 spiro atoms. The average molecular weight is 613 g/mol. The number of rotatable bonds is 6. The summed E-state index contributed by atoms with van der Waals surface area (Å²) in [6.45, 7) is 5.33. The molecule has 3 aliphatic carbocycles. The maximum Gasteiger partial charge on any atom is 0.394 e. The summed E-state index contributed by atoms with van der Waals surface area (Å²) in [6.07, 6.45) is 1.10. The van der Waals surface area contributed by atoms with Crippen molar-refractivity contribution in [3.8, 4) is 5.75 Å². The number of ketones is 2. The highest BCUT2D eigenvalue weighted by atomic mass is 32.3. The van der Waals surface area contributed by atoms with E-state index in [0.717, 1.165) is 12.1 Å². The van der Waals surface area contributed by atoms with Crippen LogP contribution in [0.4, 0.5) is 11.4 Å². The second kappa shape index (κ2) is 11.5. The van der Waals surface area contributed by atoms with E-state index in [4.69, 9.17) is 29.0 Å². The maximum absolute atomic E-state index is 13.9. The minimum Gasteiger partial charge on any atom is -0.508 e. The fourth-order valence-corrected chi connectivity index (χ4v) is 6.31. The van der Waals surface area contributed by atoms with Crippen molar-refractivity contribution in [1.29, 1.82) is 0 Å². The second-order valence-corrected chi connectivity index (χ2v) is 11.6. The first-order chi connectivity index (χ1) is 19.3. The van der Waals surface area contributed by atoms with Crippen LogP contribution in [0.15, 0.2) is 23.0 Å². The van der Waals surface area contributed by atoms with E-state index in [1.807, 2.05) is 13.8 Å². The van der Waals surface area contributed by atoms with Crippen molar-refractivity contribution < 1.29 is 52.3 Å². The zero-order valence-electron chi connectivity index (χ0n) is 23.5. The van der Waals surface area contributed by atoms with Gasteiger partial charge >= 0.3 is 10.4 Å². The average Bonchev–Trinajstić information content (AvgIpc) is 2.85. The minimum atomic E-state index is -4.67. The highest BCUT2D eigenvalue weighted by molar-refractivity contribution is 7.79. The SMILES string of the molecule is CCCN(CC)c1cc(N)c(O)c2c1CC1CC3[C@H](N(C)C)C(=O)C(C(N)=O)=C(O)[C@@]3(O)C(=O)C1=C2O.O=S(=O)(O)O. The molecule has 1 aromatic rings. The maximum atomic E-state index is 13.9. The third kappa shape index (κ3) is 5.43. The molecule has 4 rings (SSSR count). The zero-order valence-corrected chi connectivity index (χ0v) is 24.3. The van der Waals surface area contributed by atoms with Crippen molar-refractivity contribution >= 4 is 45.0 Å². The molecule has 0 bridgehead atoms. The number of benzene rings is 1. The number of carbonyl (C=O) groups excluding carboxylic acids is 3. The lowest BCUT2D eigenvalue weighted by Gasteiger charge is -2.50. The number of likely N-dealkylation sites (N-methyl/N-ethyl adjacent to an activating group) is 1. The van der Waals surface area contributed by atoms with E-state index in [2.05, 4.69) is 4.90 Å². The van der Waals surface area contributed by atoms with Gasteiger partial charge in [0, 0.05) is 30.3 Å². The molecule has 15 nitrogen and oxygen atoms in total. The number of aromatic hydroxyl groups is 1. The number of carbonyl (C=O) groups is 3. The quantitative estimate of drug-likeness (QED) is 0.0919. The van der Waals surface area contributed by atoms with Crippen molar-refractivity contribution in [3.05, 3.63) is 34.1 Å². The number of anilines is 2. The molecule has 0 heterocycles. The Morgan fingerprint density at radius 3 is 2.19 bits per heavy atom. The van der Waals surface area contributed by atoms with Crippen LogP contribution in [0.5, 0.6) is 5.75 Å². The molecule has 1 aromatic carbocycles. The van der Waals surface area contributed by atoms with Crippen LogP contribution in [-0.2, 0) is 31.2 Å².